The van der Waals surface area contributed by atoms with E-state index in [9.17, 15) is 9.59 Å². The summed E-state index contributed by atoms with van der Waals surface area (Å²) in [5.41, 5.74) is -0.429. The van der Waals surface area contributed by atoms with Crippen LogP contribution in [-0.4, -0.2) is 38.4 Å². The number of epoxide rings is 1. The van der Waals surface area contributed by atoms with Crippen molar-refractivity contribution >= 4 is 11.9 Å². The number of carbonyl (C=O) groups is 2. The Morgan fingerprint density at radius 2 is 1.70 bits per heavy atom. The van der Waals surface area contributed by atoms with E-state index in [4.69, 9.17) is 14.2 Å². The fraction of sp³-hybridized carbons (Fsp3) is 0.556. The number of esters is 2. The van der Waals surface area contributed by atoms with E-state index < -0.39 is 17.4 Å². The summed E-state index contributed by atoms with van der Waals surface area (Å²) in [5.74, 6) is -1.11. The normalized spacial score (nSPS) is 20.0. The first-order valence-corrected chi connectivity index (χ1v) is 7.93. The second-order valence-corrected chi connectivity index (χ2v) is 5.89. The molecule has 0 bridgehead atoms. The highest BCUT2D eigenvalue weighted by atomic mass is 16.6. The Labute approximate surface area is 136 Å². The van der Waals surface area contributed by atoms with Crippen LogP contribution >= 0.6 is 0 Å². The molecule has 0 radical (unpaired) electrons. The lowest BCUT2D eigenvalue weighted by Gasteiger charge is -2.28. The van der Waals surface area contributed by atoms with Gasteiger partial charge >= 0.3 is 11.9 Å². The van der Waals surface area contributed by atoms with Crippen LogP contribution in [0.2, 0.25) is 0 Å². The molecule has 0 spiro atoms. The molecule has 0 N–H and O–H groups in total. The maximum Gasteiger partial charge on any atom is 0.323 e. The van der Waals surface area contributed by atoms with Crippen LogP contribution in [0.5, 0.6) is 0 Å². The van der Waals surface area contributed by atoms with Crippen molar-refractivity contribution in [2.24, 2.45) is 5.41 Å². The third-order valence-corrected chi connectivity index (χ3v) is 4.45. The Morgan fingerprint density at radius 3 is 2.17 bits per heavy atom. The molecule has 23 heavy (non-hydrogen) atoms. The minimum atomic E-state index is -1.32. The van der Waals surface area contributed by atoms with Crippen LogP contribution in [0.25, 0.3) is 0 Å². The molecule has 0 saturated carbocycles. The van der Waals surface area contributed by atoms with Gasteiger partial charge in [-0.1, -0.05) is 37.3 Å². The molecule has 1 saturated heterocycles. The summed E-state index contributed by atoms with van der Waals surface area (Å²) in [4.78, 5) is 24.9. The molecule has 126 valence electrons. The molecule has 1 aliphatic heterocycles. The first-order chi connectivity index (χ1) is 11.1. The molecular formula is C18H24O5. The van der Waals surface area contributed by atoms with Crippen molar-refractivity contribution in [2.45, 2.75) is 44.8 Å². The van der Waals surface area contributed by atoms with Crippen molar-refractivity contribution in [3.8, 4) is 0 Å². The van der Waals surface area contributed by atoms with E-state index in [0.29, 0.717) is 12.8 Å². The van der Waals surface area contributed by atoms with Crippen LogP contribution in [-0.2, 0) is 30.2 Å². The van der Waals surface area contributed by atoms with Crippen LogP contribution in [0.3, 0.4) is 0 Å². The summed E-state index contributed by atoms with van der Waals surface area (Å²) in [5, 5.41) is 0. The molecule has 1 heterocycles. The van der Waals surface area contributed by atoms with Gasteiger partial charge < -0.3 is 14.2 Å². The van der Waals surface area contributed by atoms with Gasteiger partial charge in [0.05, 0.1) is 26.4 Å². The predicted molar refractivity (Wildman–Crippen MR) is 84.8 cm³/mol. The van der Waals surface area contributed by atoms with Gasteiger partial charge in [-0.25, -0.2) is 0 Å². The van der Waals surface area contributed by atoms with Crippen molar-refractivity contribution in [2.75, 3.05) is 14.2 Å². The van der Waals surface area contributed by atoms with Crippen molar-refractivity contribution in [3.05, 3.63) is 35.9 Å². The topological polar surface area (TPSA) is 65.1 Å². The molecule has 0 amide bonds. The lowest BCUT2D eigenvalue weighted by atomic mass is 9.77. The van der Waals surface area contributed by atoms with Gasteiger partial charge in [0.1, 0.15) is 0 Å². The van der Waals surface area contributed by atoms with Crippen LogP contribution in [0.15, 0.2) is 30.3 Å². The van der Waals surface area contributed by atoms with Gasteiger partial charge in [-0.05, 0) is 31.2 Å². The second-order valence-electron chi connectivity index (χ2n) is 5.89. The number of carbonyl (C=O) groups excluding carboxylic acids is 2. The minimum Gasteiger partial charge on any atom is -0.468 e. The third-order valence-electron chi connectivity index (χ3n) is 4.45. The van der Waals surface area contributed by atoms with Crippen LogP contribution in [0.4, 0.5) is 0 Å². The molecule has 5 heteroatoms. The highest BCUT2D eigenvalue weighted by Crippen LogP contribution is 2.37. The number of ether oxygens (including phenoxy) is 3. The second kappa shape index (κ2) is 7.59. The Kier molecular flexibility index (Phi) is 5.77. The van der Waals surface area contributed by atoms with Gasteiger partial charge in [0.2, 0.25) is 0 Å². The molecule has 0 aromatic heterocycles. The van der Waals surface area contributed by atoms with Gasteiger partial charge in [0.25, 0.3) is 0 Å². The Balaban J connectivity index is 2.22. The van der Waals surface area contributed by atoms with Gasteiger partial charge in [-0.15, -0.1) is 0 Å². The quantitative estimate of drug-likeness (QED) is 0.418. The van der Waals surface area contributed by atoms with Crippen molar-refractivity contribution in [1.29, 1.82) is 0 Å². The molecule has 1 aromatic rings. The summed E-state index contributed by atoms with van der Waals surface area (Å²) in [6.07, 6.45) is 2.53. The monoisotopic (exact) mass is 320 g/mol. The van der Waals surface area contributed by atoms with Crippen molar-refractivity contribution in [3.63, 3.8) is 0 Å². The van der Waals surface area contributed by atoms with Gasteiger partial charge in [-0.2, -0.15) is 0 Å². The summed E-state index contributed by atoms with van der Waals surface area (Å²) in [6.45, 7) is 2.06. The highest BCUT2D eigenvalue weighted by Gasteiger charge is 2.50. The Bertz CT molecular complexity index is 524. The van der Waals surface area contributed by atoms with Gasteiger partial charge in [0, 0.05) is 0 Å². The van der Waals surface area contributed by atoms with Crippen molar-refractivity contribution in [1.82, 2.24) is 0 Å². The van der Waals surface area contributed by atoms with E-state index in [1.54, 1.807) is 0 Å². The molecule has 1 aromatic carbocycles. The fourth-order valence-corrected chi connectivity index (χ4v) is 3.04. The first-order valence-electron chi connectivity index (χ1n) is 7.93. The van der Waals surface area contributed by atoms with Crippen LogP contribution in [0, 0.1) is 5.41 Å². The number of hydrogen-bond acceptors (Lipinski definition) is 5. The van der Waals surface area contributed by atoms with E-state index in [1.807, 2.05) is 30.3 Å². The number of rotatable bonds is 8. The average molecular weight is 320 g/mol. The van der Waals surface area contributed by atoms with Crippen LogP contribution in [0.1, 0.15) is 31.7 Å². The molecule has 2 atom stereocenters. The van der Waals surface area contributed by atoms with E-state index in [-0.39, 0.29) is 18.6 Å². The maximum absolute atomic E-state index is 12.5. The van der Waals surface area contributed by atoms with E-state index >= 15 is 0 Å². The summed E-state index contributed by atoms with van der Waals surface area (Å²) >= 11 is 0. The van der Waals surface area contributed by atoms with Gasteiger partial charge in [0.15, 0.2) is 5.41 Å². The first kappa shape index (κ1) is 17.5. The number of hydrogen-bond donors (Lipinski definition) is 0. The molecule has 1 aliphatic rings. The molecule has 5 nitrogen and oxygen atoms in total. The molecule has 1 fully saturated rings. The predicted octanol–water partition coefficient (Wildman–Crippen LogP) is 2.52. The Morgan fingerprint density at radius 1 is 1.09 bits per heavy atom. The minimum absolute atomic E-state index is 0.115. The molecule has 0 aliphatic carbocycles. The maximum atomic E-state index is 12.5. The zero-order valence-corrected chi connectivity index (χ0v) is 13.9. The zero-order chi connectivity index (χ0) is 16.9. The van der Waals surface area contributed by atoms with Gasteiger partial charge in [-0.3, -0.25) is 9.59 Å². The zero-order valence-electron chi connectivity index (χ0n) is 13.9. The molecule has 0 unspecified atom stereocenters. The Hall–Kier alpha value is -1.88. The fourth-order valence-electron chi connectivity index (χ4n) is 3.04. The van der Waals surface area contributed by atoms with Crippen LogP contribution < -0.4 is 0 Å². The lowest BCUT2D eigenvalue weighted by molar-refractivity contribution is -0.170. The number of methoxy groups -OCH3 is 2. The SMILES string of the molecule is CC[C@@H]1O[C@@H]1CCC(Cc1ccccc1)(C(=O)OC)C(=O)OC. The highest BCUT2D eigenvalue weighted by molar-refractivity contribution is 6.00. The summed E-state index contributed by atoms with van der Waals surface area (Å²) in [7, 11) is 2.60. The van der Waals surface area contributed by atoms with E-state index in [1.165, 1.54) is 14.2 Å². The largest absolute Gasteiger partial charge is 0.468 e. The standard InChI is InChI=1S/C18H24O5/c1-4-14-15(23-14)10-11-18(16(19)21-2,17(20)22-3)12-13-8-6-5-7-9-13/h5-9,14-15H,4,10-12H2,1-3H3/t14-,15+/m0/s1. The van der Waals surface area contributed by atoms with Crippen molar-refractivity contribution < 1.29 is 23.8 Å². The van der Waals surface area contributed by atoms with E-state index in [2.05, 4.69) is 6.92 Å². The third kappa shape index (κ3) is 3.91. The molecular weight excluding hydrogens is 296 g/mol. The summed E-state index contributed by atoms with van der Waals surface area (Å²) in [6, 6.07) is 9.44. The van der Waals surface area contributed by atoms with E-state index in [0.717, 1.165) is 12.0 Å². The number of benzene rings is 1. The summed E-state index contributed by atoms with van der Waals surface area (Å²) < 4.78 is 15.4. The molecule has 2 rings (SSSR count). The average Bonchev–Trinajstić information content (AvgIpc) is 3.36. The lowest BCUT2D eigenvalue weighted by Crippen LogP contribution is -2.43. The smallest absolute Gasteiger partial charge is 0.323 e.